The van der Waals surface area contributed by atoms with Crippen LogP contribution in [-0.2, 0) is 0 Å². The minimum Gasteiger partial charge on any atom is -0.496 e. The summed E-state index contributed by atoms with van der Waals surface area (Å²) < 4.78 is 4.99. The van der Waals surface area contributed by atoms with Crippen LogP contribution in [0, 0.1) is 0 Å². The lowest BCUT2D eigenvalue weighted by molar-refractivity contribution is 0.0693. The monoisotopic (exact) mass is 300 g/mol. The Hall–Kier alpha value is -1.95. The number of benzene rings is 1. The van der Waals surface area contributed by atoms with Gasteiger partial charge in [0.25, 0.3) is 0 Å². The molecule has 0 unspecified atom stereocenters. The first-order valence-electron chi connectivity index (χ1n) is 6.11. The first-order valence-corrected chi connectivity index (χ1v) is 6.49. The second-order valence-electron chi connectivity index (χ2n) is 3.94. The third-order valence-electron chi connectivity index (χ3n) is 2.81. The standard InChI is InChI=1S/C13H17ClN2O4/c1-4-16(5-2)13(19)15-10-7-11(20-3)8(12(17)18)6-9(10)14/h6-7H,4-5H2,1-3H3,(H,15,19)(H,17,18). The average Bonchev–Trinajstić information content (AvgIpc) is 2.41. The van der Waals surface area contributed by atoms with E-state index in [0.29, 0.717) is 18.8 Å². The van der Waals surface area contributed by atoms with Crippen LogP contribution in [0.25, 0.3) is 0 Å². The highest BCUT2D eigenvalue weighted by Gasteiger charge is 2.17. The number of carboxylic acids is 1. The van der Waals surface area contributed by atoms with E-state index in [1.165, 1.54) is 19.2 Å². The fourth-order valence-corrected chi connectivity index (χ4v) is 1.90. The molecule has 0 saturated carbocycles. The molecule has 7 heteroatoms. The lowest BCUT2D eigenvalue weighted by atomic mass is 10.2. The number of nitrogens with zero attached hydrogens (tertiary/aromatic N) is 1. The number of nitrogens with one attached hydrogen (secondary N) is 1. The molecule has 0 atom stereocenters. The van der Waals surface area contributed by atoms with E-state index < -0.39 is 5.97 Å². The van der Waals surface area contributed by atoms with Crippen LogP contribution >= 0.6 is 11.6 Å². The zero-order valence-corrected chi connectivity index (χ0v) is 12.3. The predicted molar refractivity (Wildman–Crippen MR) is 76.9 cm³/mol. The van der Waals surface area contributed by atoms with Crippen molar-refractivity contribution in [3.63, 3.8) is 0 Å². The van der Waals surface area contributed by atoms with Crippen molar-refractivity contribution in [2.45, 2.75) is 13.8 Å². The molecule has 2 amide bonds. The Bertz CT molecular complexity index is 515. The van der Waals surface area contributed by atoms with Crippen LogP contribution in [0.2, 0.25) is 5.02 Å². The van der Waals surface area contributed by atoms with E-state index >= 15 is 0 Å². The van der Waals surface area contributed by atoms with Crippen LogP contribution in [-0.4, -0.2) is 42.2 Å². The number of carbonyl (C=O) groups excluding carboxylic acids is 1. The summed E-state index contributed by atoms with van der Waals surface area (Å²) in [6.07, 6.45) is 0. The van der Waals surface area contributed by atoms with Gasteiger partial charge in [0.2, 0.25) is 0 Å². The summed E-state index contributed by atoms with van der Waals surface area (Å²) in [7, 11) is 1.35. The first-order chi connectivity index (χ1) is 9.44. The number of methoxy groups -OCH3 is 1. The Morgan fingerprint density at radius 3 is 2.40 bits per heavy atom. The molecule has 0 radical (unpaired) electrons. The summed E-state index contributed by atoms with van der Waals surface area (Å²) in [5.41, 5.74) is 0.253. The van der Waals surface area contributed by atoms with Gasteiger partial charge in [0.15, 0.2) is 0 Å². The van der Waals surface area contributed by atoms with Crippen molar-refractivity contribution < 1.29 is 19.4 Å². The molecule has 0 aromatic heterocycles. The summed E-state index contributed by atoms with van der Waals surface area (Å²) in [5.74, 6) is -1.01. The second-order valence-corrected chi connectivity index (χ2v) is 4.35. The predicted octanol–water partition coefficient (Wildman–Crippen LogP) is 2.92. The molecule has 0 aliphatic carbocycles. The minimum atomic E-state index is -1.15. The fraction of sp³-hybridized carbons (Fsp3) is 0.385. The molecule has 0 bridgehead atoms. The normalized spacial score (nSPS) is 10.0. The van der Waals surface area contributed by atoms with Gasteiger partial charge in [-0.15, -0.1) is 0 Å². The van der Waals surface area contributed by atoms with E-state index in [0.717, 1.165) is 0 Å². The number of halogens is 1. The summed E-state index contributed by atoms with van der Waals surface area (Å²) in [5, 5.41) is 11.8. The smallest absolute Gasteiger partial charge is 0.339 e. The maximum Gasteiger partial charge on any atom is 0.339 e. The van der Waals surface area contributed by atoms with Crippen molar-refractivity contribution in [3.05, 3.63) is 22.7 Å². The van der Waals surface area contributed by atoms with E-state index in [9.17, 15) is 9.59 Å². The van der Waals surface area contributed by atoms with Gasteiger partial charge in [0.1, 0.15) is 11.3 Å². The number of aromatic carboxylic acids is 1. The molecule has 0 heterocycles. The fourth-order valence-electron chi connectivity index (χ4n) is 1.69. The van der Waals surface area contributed by atoms with Gasteiger partial charge in [0.05, 0.1) is 17.8 Å². The number of anilines is 1. The van der Waals surface area contributed by atoms with Crippen LogP contribution in [0.15, 0.2) is 12.1 Å². The maximum absolute atomic E-state index is 11.9. The molecule has 0 spiro atoms. The highest BCUT2D eigenvalue weighted by atomic mass is 35.5. The van der Waals surface area contributed by atoms with Crippen molar-refractivity contribution in [1.82, 2.24) is 4.90 Å². The lowest BCUT2D eigenvalue weighted by Gasteiger charge is -2.20. The Labute approximate surface area is 122 Å². The van der Waals surface area contributed by atoms with Gasteiger partial charge in [-0.3, -0.25) is 0 Å². The third-order valence-corrected chi connectivity index (χ3v) is 3.12. The Balaban J connectivity index is 3.08. The van der Waals surface area contributed by atoms with Crippen LogP contribution < -0.4 is 10.1 Å². The number of urea groups is 1. The SMILES string of the molecule is CCN(CC)C(=O)Nc1cc(OC)c(C(=O)O)cc1Cl. The number of carbonyl (C=O) groups is 2. The molecule has 2 N–H and O–H groups in total. The van der Waals surface area contributed by atoms with Crippen LogP contribution in [0.1, 0.15) is 24.2 Å². The van der Waals surface area contributed by atoms with E-state index in [4.69, 9.17) is 21.4 Å². The molecule has 20 heavy (non-hydrogen) atoms. The molecule has 0 aliphatic rings. The lowest BCUT2D eigenvalue weighted by Crippen LogP contribution is -2.34. The van der Waals surface area contributed by atoms with Gasteiger partial charge in [-0.1, -0.05) is 11.6 Å². The summed E-state index contributed by atoms with van der Waals surface area (Å²) >= 11 is 5.99. The Morgan fingerprint density at radius 2 is 1.95 bits per heavy atom. The molecule has 1 rings (SSSR count). The van der Waals surface area contributed by atoms with Gasteiger partial charge in [0, 0.05) is 19.2 Å². The Kier molecular flexibility index (Phi) is 5.64. The van der Waals surface area contributed by atoms with Gasteiger partial charge in [-0.05, 0) is 19.9 Å². The minimum absolute atomic E-state index is 0.0571. The van der Waals surface area contributed by atoms with Gasteiger partial charge in [-0.2, -0.15) is 0 Å². The highest BCUT2D eigenvalue weighted by molar-refractivity contribution is 6.34. The molecular weight excluding hydrogens is 284 g/mol. The molecule has 1 aromatic carbocycles. The average molecular weight is 301 g/mol. The van der Waals surface area contributed by atoms with Crippen LogP contribution in [0.5, 0.6) is 5.75 Å². The van der Waals surface area contributed by atoms with E-state index in [1.807, 2.05) is 13.8 Å². The zero-order valence-electron chi connectivity index (χ0n) is 11.6. The summed E-state index contributed by atoms with van der Waals surface area (Å²) in [6.45, 7) is 4.84. The topological polar surface area (TPSA) is 78.9 Å². The molecule has 1 aromatic rings. The van der Waals surface area contributed by atoms with Crippen LogP contribution in [0.4, 0.5) is 10.5 Å². The quantitative estimate of drug-likeness (QED) is 0.876. The van der Waals surface area contributed by atoms with Crippen molar-refractivity contribution in [3.8, 4) is 5.75 Å². The van der Waals surface area contributed by atoms with Gasteiger partial charge in [-0.25, -0.2) is 9.59 Å². The highest BCUT2D eigenvalue weighted by Crippen LogP contribution is 2.31. The molecular formula is C13H17ClN2O4. The van der Waals surface area contributed by atoms with Crippen LogP contribution in [0.3, 0.4) is 0 Å². The number of carboxylic acid groups (broad SMARTS) is 1. The largest absolute Gasteiger partial charge is 0.496 e. The Morgan fingerprint density at radius 1 is 1.35 bits per heavy atom. The molecule has 0 saturated heterocycles. The number of hydrogen-bond donors (Lipinski definition) is 2. The molecule has 0 aliphatic heterocycles. The van der Waals surface area contributed by atoms with E-state index in [1.54, 1.807) is 4.90 Å². The first kappa shape index (κ1) is 16.1. The molecule has 110 valence electrons. The van der Waals surface area contributed by atoms with Gasteiger partial charge < -0.3 is 20.1 Å². The van der Waals surface area contributed by atoms with E-state index in [-0.39, 0.29) is 22.4 Å². The number of hydrogen-bond acceptors (Lipinski definition) is 3. The maximum atomic E-state index is 11.9. The number of rotatable bonds is 5. The van der Waals surface area contributed by atoms with E-state index in [2.05, 4.69) is 5.32 Å². The summed E-state index contributed by atoms with van der Waals surface area (Å²) in [6, 6.07) is 2.34. The third kappa shape index (κ3) is 3.54. The summed E-state index contributed by atoms with van der Waals surface area (Å²) in [4.78, 5) is 24.6. The van der Waals surface area contributed by atoms with Crippen molar-refractivity contribution >= 4 is 29.3 Å². The van der Waals surface area contributed by atoms with Crippen molar-refractivity contribution in [2.75, 3.05) is 25.5 Å². The number of amides is 2. The van der Waals surface area contributed by atoms with Crippen molar-refractivity contribution in [2.24, 2.45) is 0 Å². The van der Waals surface area contributed by atoms with Gasteiger partial charge >= 0.3 is 12.0 Å². The second kappa shape index (κ2) is 7.00. The van der Waals surface area contributed by atoms with Crippen molar-refractivity contribution in [1.29, 1.82) is 0 Å². The zero-order chi connectivity index (χ0) is 15.3. The number of ether oxygens (including phenoxy) is 1. The molecule has 0 fully saturated rings. The molecule has 6 nitrogen and oxygen atoms in total.